The second-order valence-corrected chi connectivity index (χ2v) is 7.02. The maximum atomic E-state index is 12.7. The number of aliphatic carboxylic acids is 1. The van der Waals surface area contributed by atoms with Gasteiger partial charge in [-0.25, -0.2) is 4.79 Å². The van der Waals surface area contributed by atoms with Gasteiger partial charge in [0.1, 0.15) is 5.75 Å². The van der Waals surface area contributed by atoms with Gasteiger partial charge in [0.25, 0.3) is 0 Å². The number of carboxylic acids is 1. The third kappa shape index (κ3) is 5.66. The lowest BCUT2D eigenvalue weighted by Crippen LogP contribution is -2.22. The molecule has 0 aliphatic rings. The van der Waals surface area contributed by atoms with Gasteiger partial charge < -0.3 is 14.4 Å². The maximum Gasteiger partial charge on any atom is 0.416 e. The minimum absolute atomic E-state index is 0.166. The molecule has 166 valence electrons. The summed E-state index contributed by atoms with van der Waals surface area (Å²) in [6, 6.07) is 14.3. The summed E-state index contributed by atoms with van der Waals surface area (Å²) in [6.07, 6.45) is -0.127. The maximum absolute atomic E-state index is 12.7. The molecule has 1 N–H and O–H groups in total. The van der Waals surface area contributed by atoms with E-state index in [-0.39, 0.29) is 11.3 Å². The summed E-state index contributed by atoms with van der Waals surface area (Å²) < 4.78 is 45.2. The van der Waals surface area contributed by atoms with Crippen LogP contribution in [0.15, 0.2) is 72.9 Å². The van der Waals surface area contributed by atoms with Crippen LogP contribution in [0.5, 0.6) is 5.75 Å². The van der Waals surface area contributed by atoms with E-state index in [9.17, 15) is 22.8 Å². The molecular weight excluding hydrogens is 423 g/mol. The number of alkyl halides is 3. The first kappa shape index (κ1) is 22.9. The van der Waals surface area contributed by atoms with E-state index in [1.807, 2.05) is 12.1 Å². The number of aromatic nitrogens is 1. The second kappa shape index (κ2) is 9.55. The number of hydrogen-bond acceptors (Lipinski definition) is 3. The van der Waals surface area contributed by atoms with Crippen LogP contribution < -0.4 is 4.74 Å². The molecule has 1 aromatic heterocycles. The number of carbonyl (C=O) groups is 2. The van der Waals surface area contributed by atoms with Crippen LogP contribution in [-0.2, 0) is 17.5 Å². The van der Waals surface area contributed by atoms with Crippen molar-refractivity contribution in [3.8, 4) is 5.75 Å². The van der Waals surface area contributed by atoms with Crippen LogP contribution in [0.4, 0.5) is 13.2 Å². The molecule has 8 heteroatoms. The first-order valence-corrected chi connectivity index (χ1v) is 9.68. The molecule has 5 nitrogen and oxygen atoms in total. The van der Waals surface area contributed by atoms with Gasteiger partial charge in [0.15, 0.2) is 6.10 Å². The fourth-order valence-corrected chi connectivity index (χ4v) is 2.99. The molecule has 2 aromatic carbocycles. The summed E-state index contributed by atoms with van der Waals surface area (Å²) >= 11 is 0. The van der Waals surface area contributed by atoms with Crippen LogP contribution in [0.25, 0.3) is 6.08 Å². The molecule has 1 unspecified atom stereocenters. The van der Waals surface area contributed by atoms with Crippen LogP contribution in [0.2, 0.25) is 0 Å². The van der Waals surface area contributed by atoms with Gasteiger partial charge in [0, 0.05) is 18.3 Å². The molecular formula is C24H20F3NO4. The predicted octanol–water partition coefficient (Wildman–Crippen LogP) is 5.30. The van der Waals surface area contributed by atoms with E-state index in [2.05, 4.69) is 0 Å². The first-order chi connectivity index (χ1) is 15.1. The van der Waals surface area contributed by atoms with Crippen molar-refractivity contribution in [2.45, 2.75) is 25.7 Å². The largest absolute Gasteiger partial charge is 0.479 e. The predicted molar refractivity (Wildman–Crippen MR) is 113 cm³/mol. The minimum Gasteiger partial charge on any atom is -0.479 e. The van der Waals surface area contributed by atoms with Crippen LogP contribution in [0.1, 0.15) is 34.1 Å². The molecule has 0 radical (unpaired) electrons. The summed E-state index contributed by atoms with van der Waals surface area (Å²) in [6.45, 7) is 1.79. The van der Waals surface area contributed by atoms with Crippen molar-refractivity contribution < 1.29 is 32.6 Å². The third-order valence-electron chi connectivity index (χ3n) is 4.67. The first-order valence-electron chi connectivity index (χ1n) is 9.68. The molecule has 3 aromatic rings. The smallest absolute Gasteiger partial charge is 0.416 e. The molecule has 0 aliphatic heterocycles. The highest BCUT2D eigenvalue weighted by molar-refractivity contribution is 6.08. The van der Waals surface area contributed by atoms with Gasteiger partial charge >= 0.3 is 12.1 Å². The average molecular weight is 443 g/mol. The number of rotatable bonds is 8. The molecule has 0 saturated heterocycles. The average Bonchev–Trinajstić information content (AvgIpc) is 3.21. The van der Waals surface area contributed by atoms with Gasteiger partial charge in [-0.1, -0.05) is 36.4 Å². The molecule has 0 fully saturated rings. The lowest BCUT2D eigenvalue weighted by atomic mass is 10.1. The molecule has 1 heterocycles. The molecule has 0 aliphatic carbocycles. The van der Waals surface area contributed by atoms with Crippen molar-refractivity contribution in [3.63, 3.8) is 0 Å². The van der Waals surface area contributed by atoms with Gasteiger partial charge in [-0.05, 0) is 48.9 Å². The number of ether oxygens (including phenoxy) is 1. The van der Waals surface area contributed by atoms with E-state index in [0.717, 1.165) is 17.7 Å². The highest BCUT2D eigenvalue weighted by Gasteiger charge is 2.30. The molecule has 1 atom stereocenters. The van der Waals surface area contributed by atoms with E-state index in [0.29, 0.717) is 18.0 Å². The van der Waals surface area contributed by atoms with Crippen LogP contribution >= 0.6 is 0 Å². The van der Waals surface area contributed by atoms with Crippen molar-refractivity contribution in [2.75, 3.05) is 0 Å². The number of hydrogen-bond donors (Lipinski definition) is 1. The van der Waals surface area contributed by atoms with Gasteiger partial charge in [-0.2, -0.15) is 13.2 Å². The van der Waals surface area contributed by atoms with E-state index >= 15 is 0 Å². The highest BCUT2D eigenvalue weighted by atomic mass is 19.4. The molecule has 0 amide bonds. The number of halogens is 3. The number of ketones is 1. The van der Waals surface area contributed by atoms with Crippen molar-refractivity contribution in [3.05, 3.63) is 95.3 Å². The molecule has 3 rings (SSSR count). The number of nitrogens with zero attached hydrogens (tertiary/aromatic N) is 1. The van der Waals surface area contributed by atoms with E-state index in [4.69, 9.17) is 9.84 Å². The summed E-state index contributed by atoms with van der Waals surface area (Å²) in [5, 5.41) is 8.94. The summed E-state index contributed by atoms with van der Waals surface area (Å²) in [5.74, 6) is -1.03. The summed E-state index contributed by atoms with van der Waals surface area (Å²) in [4.78, 5) is 23.7. The normalized spacial score (nSPS) is 12.6. The molecule has 32 heavy (non-hydrogen) atoms. The Bertz CT molecular complexity index is 1130. The minimum atomic E-state index is -4.46. The Morgan fingerprint density at radius 2 is 1.81 bits per heavy atom. The number of carbonyl (C=O) groups excluding carboxylic acids is 1. The van der Waals surface area contributed by atoms with E-state index in [1.54, 1.807) is 47.2 Å². The van der Waals surface area contributed by atoms with Crippen molar-refractivity contribution in [1.82, 2.24) is 4.57 Å². The van der Waals surface area contributed by atoms with Crippen LogP contribution in [0, 0.1) is 0 Å². The number of allylic oxidation sites excluding steroid dienone is 1. The quantitative estimate of drug-likeness (QED) is 0.480. The summed E-state index contributed by atoms with van der Waals surface area (Å²) in [7, 11) is 0. The zero-order valence-electron chi connectivity index (χ0n) is 17.0. The molecule has 0 spiro atoms. The Morgan fingerprint density at radius 1 is 1.09 bits per heavy atom. The molecule has 0 bridgehead atoms. The van der Waals surface area contributed by atoms with Crippen molar-refractivity contribution in [2.24, 2.45) is 0 Å². The lowest BCUT2D eigenvalue weighted by molar-refractivity contribution is -0.144. The Morgan fingerprint density at radius 3 is 2.47 bits per heavy atom. The van der Waals surface area contributed by atoms with Crippen molar-refractivity contribution in [1.29, 1.82) is 0 Å². The van der Waals surface area contributed by atoms with E-state index in [1.165, 1.54) is 19.1 Å². The van der Waals surface area contributed by atoms with Crippen LogP contribution in [0.3, 0.4) is 0 Å². The fourth-order valence-electron chi connectivity index (χ4n) is 2.99. The molecule has 0 saturated carbocycles. The second-order valence-electron chi connectivity index (χ2n) is 7.02. The number of benzene rings is 2. The third-order valence-corrected chi connectivity index (χ3v) is 4.67. The Balaban J connectivity index is 1.69. The van der Waals surface area contributed by atoms with Gasteiger partial charge in [0.05, 0.1) is 11.3 Å². The standard InChI is InChI=1S/C24H20F3NO4/c1-16(23(30)31)32-20-7-2-5-17(15-20)6-3-13-28-14-4-8-21(28)22(29)18-9-11-19(12-10-18)24(25,26)27/h2-12,14-16H,13H2,1H3,(H,30,31). The SMILES string of the molecule is CC(Oc1cccc(C=CCn2cccc2C(=O)c2ccc(C(F)(F)F)cc2)c1)C(=O)O. The zero-order chi connectivity index (χ0) is 23.3. The van der Waals surface area contributed by atoms with E-state index < -0.39 is 23.8 Å². The zero-order valence-corrected chi connectivity index (χ0v) is 17.0. The Labute approximate surface area is 182 Å². The fraction of sp³-hybridized carbons (Fsp3) is 0.167. The van der Waals surface area contributed by atoms with Gasteiger partial charge in [0.2, 0.25) is 5.78 Å². The Hall–Kier alpha value is -3.81. The monoisotopic (exact) mass is 443 g/mol. The summed E-state index contributed by atoms with van der Waals surface area (Å²) in [5.41, 5.74) is 0.486. The van der Waals surface area contributed by atoms with Crippen molar-refractivity contribution >= 4 is 17.8 Å². The topological polar surface area (TPSA) is 68.5 Å². The van der Waals surface area contributed by atoms with Crippen LogP contribution in [-0.4, -0.2) is 27.5 Å². The highest BCUT2D eigenvalue weighted by Crippen LogP contribution is 2.29. The number of carboxylic acid groups (broad SMARTS) is 1. The lowest BCUT2D eigenvalue weighted by Gasteiger charge is -2.10. The Kier molecular flexibility index (Phi) is 6.82. The van der Waals surface area contributed by atoms with Gasteiger partial charge in [-0.15, -0.1) is 0 Å². The van der Waals surface area contributed by atoms with Gasteiger partial charge in [-0.3, -0.25) is 4.79 Å².